The Labute approximate surface area is 135 Å². The van der Waals surface area contributed by atoms with Crippen LogP contribution in [-0.4, -0.2) is 56.4 Å². The molecule has 1 rings (SSSR count). The summed E-state index contributed by atoms with van der Waals surface area (Å²) in [5, 5.41) is 11.8. The monoisotopic (exact) mass is 322 g/mol. The number of primary amides is 1. The molecule has 1 fully saturated rings. The Hall–Kier alpha value is -0.770. The van der Waals surface area contributed by atoms with Crippen molar-refractivity contribution in [2.75, 3.05) is 39.3 Å². The van der Waals surface area contributed by atoms with Crippen molar-refractivity contribution in [3.63, 3.8) is 0 Å². The third-order valence-electron chi connectivity index (χ3n) is 2.56. The second-order valence-electron chi connectivity index (χ2n) is 4.71. The zero-order valence-electron chi connectivity index (χ0n) is 14.1. The van der Waals surface area contributed by atoms with Gasteiger partial charge in [0.1, 0.15) is 0 Å². The first-order chi connectivity index (χ1) is 10.5. The highest BCUT2D eigenvalue weighted by molar-refractivity contribution is 5.75. The number of nitrogens with two attached hydrogens (primary N) is 5. The summed E-state index contributed by atoms with van der Waals surface area (Å²) in [6.07, 6.45) is 5.63. The van der Waals surface area contributed by atoms with E-state index in [-0.39, 0.29) is 12.6 Å². The average molecular weight is 322 g/mol. The number of aliphatic hydroxyl groups excluding tert-OH is 1. The molecule has 1 atom stereocenters. The molecule has 0 radical (unpaired) electrons. The lowest BCUT2D eigenvalue weighted by Crippen LogP contribution is -2.21. The molecule has 12 N–H and O–H groups in total. The molecule has 136 valence electrons. The van der Waals surface area contributed by atoms with Crippen LogP contribution >= 0.6 is 0 Å². The van der Waals surface area contributed by atoms with Gasteiger partial charge in [-0.05, 0) is 51.9 Å². The van der Waals surface area contributed by atoms with Gasteiger partial charge in [0.05, 0.1) is 12.6 Å². The van der Waals surface area contributed by atoms with Gasteiger partial charge in [0.25, 0.3) is 0 Å². The molecular formula is C14H38N6O2. The summed E-state index contributed by atoms with van der Waals surface area (Å²) >= 11 is 0. The van der Waals surface area contributed by atoms with Gasteiger partial charge < -0.3 is 39.1 Å². The SMILES string of the molecule is C1CCNCC1.CCC(O)CN.NCC(N)=O.NCCCN. The van der Waals surface area contributed by atoms with Gasteiger partial charge in [-0.25, -0.2) is 0 Å². The third kappa shape index (κ3) is 36.5. The number of rotatable bonds is 5. The molecule has 0 spiro atoms. The molecule has 8 nitrogen and oxygen atoms in total. The maximum atomic E-state index is 9.47. The molecule has 22 heavy (non-hydrogen) atoms. The fourth-order valence-corrected chi connectivity index (χ4v) is 1.09. The van der Waals surface area contributed by atoms with Gasteiger partial charge in [-0.2, -0.15) is 0 Å². The minimum absolute atomic E-state index is 0.0556. The third-order valence-corrected chi connectivity index (χ3v) is 2.56. The molecule has 1 aliphatic rings. The van der Waals surface area contributed by atoms with Gasteiger partial charge in [0.2, 0.25) is 5.91 Å². The van der Waals surface area contributed by atoms with E-state index in [0.717, 1.165) is 25.9 Å². The molecule has 0 aromatic carbocycles. The lowest BCUT2D eigenvalue weighted by molar-refractivity contribution is -0.116. The maximum absolute atomic E-state index is 9.47. The zero-order chi connectivity index (χ0) is 17.6. The lowest BCUT2D eigenvalue weighted by Gasteiger charge is -2.08. The number of amides is 1. The van der Waals surface area contributed by atoms with Crippen molar-refractivity contribution in [3.05, 3.63) is 0 Å². The van der Waals surface area contributed by atoms with Gasteiger partial charge in [-0.15, -0.1) is 0 Å². The molecule has 0 aromatic heterocycles. The largest absolute Gasteiger partial charge is 0.392 e. The van der Waals surface area contributed by atoms with Gasteiger partial charge in [-0.3, -0.25) is 4.79 Å². The smallest absolute Gasteiger partial charge is 0.231 e. The van der Waals surface area contributed by atoms with E-state index in [1.54, 1.807) is 0 Å². The Bertz CT molecular complexity index is 186. The highest BCUT2D eigenvalue weighted by atomic mass is 16.3. The van der Waals surface area contributed by atoms with Crippen LogP contribution < -0.4 is 34.0 Å². The fourth-order valence-electron chi connectivity index (χ4n) is 1.09. The molecule has 1 aliphatic heterocycles. The van der Waals surface area contributed by atoms with Crippen molar-refractivity contribution in [3.8, 4) is 0 Å². The highest BCUT2D eigenvalue weighted by Gasteiger charge is 1.93. The quantitative estimate of drug-likeness (QED) is 0.312. The molecule has 1 amide bonds. The lowest BCUT2D eigenvalue weighted by atomic mass is 10.2. The van der Waals surface area contributed by atoms with E-state index in [1.165, 1.54) is 32.4 Å². The van der Waals surface area contributed by atoms with Crippen molar-refractivity contribution >= 4 is 5.91 Å². The normalized spacial score (nSPS) is 14.1. The molecule has 0 aromatic rings. The summed E-state index contributed by atoms with van der Waals surface area (Å²) < 4.78 is 0. The molecule has 1 saturated heterocycles. The number of hydrogen-bond donors (Lipinski definition) is 7. The Morgan fingerprint density at radius 3 is 1.59 bits per heavy atom. The molecule has 1 unspecified atom stereocenters. The first kappa shape index (κ1) is 26.1. The molecule has 0 aliphatic carbocycles. The highest BCUT2D eigenvalue weighted by Crippen LogP contribution is 1.96. The maximum Gasteiger partial charge on any atom is 0.231 e. The minimum atomic E-state index is -0.468. The van der Waals surface area contributed by atoms with Crippen LogP contribution in [0.5, 0.6) is 0 Å². The summed E-state index contributed by atoms with van der Waals surface area (Å²) in [5.74, 6) is -0.468. The van der Waals surface area contributed by atoms with E-state index in [9.17, 15) is 4.79 Å². The van der Waals surface area contributed by atoms with Gasteiger partial charge in [0, 0.05) is 6.54 Å². The van der Waals surface area contributed by atoms with Crippen LogP contribution in [0.25, 0.3) is 0 Å². The molecular weight excluding hydrogens is 284 g/mol. The van der Waals surface area contributed by atoms with Crippen LogP contribution in [0.2, 0.25) is 0 Å². The zero-order valence-corrected chi connectivity index (χ0v) is 14.1. The van der Waals surface area contributed by atoms with E-state index in [4.69, 9.17) is 28.0 Å². The summed E-state index contributed by atoms with van der Waals surface area (Å²) in [6.45, 7) is 6.17. The van der Waals surface area contributed by atoms with Crippen molar-refractivity contribution in [2.45, 2.75) is 45.1 Å². The van der Waals surface area contributed by atoms with E-state index < -0.39 is 5.91 Å². The summed E-state index contributed by atoms with van der Waals surface area (Å²) in [6, 6.07) is 0. The van der Waals surface area contributed by atoms with Gasteiger partial charge in [0.15, 0.2) is 0 Å². The molecule has 0 bridgehead atoms. The first-order valence-electron chi connectivity index (χ1n) is 7.97. The van der Waals surface area contributed by atoms with Gasteiger partial charge >= 0.3 is 0 Å². The molecule has 1 heterocycles. The number of nitrogens with one attached hydrogen (secondary N) is 1. The van der Waals surface area contributed by atoms with Crippen molar-refractivity contribution in [1.82, 2.24) is 5.32 Å². The number of hydrogen-bond acceptors (Lipinski definition) is 7. The van der Waals surface area contributed by atoms with Crippen molar-refractivity contribution < 1.29 is 9.90 Å². The van der Waals surface area contributed by atoms with Crippen LogP contribution in [-0.2, 0) is 4.79 Å². The van der Waals surface area contributed by atoms with Crippen LogP contribution in [0.15, 0.2) is 0 Å². The second kappa shape index (κ2) is 25.2. The van der Waals surface area contributed by atoms with E-state index in [1.807, 2.05) is 6.92 Å². The van der Waals surface area contributed by atoms with Gasteiger partial charge in [-0.1, -0.05) is 13.3 Å². The van der Waals surface area contributed by atoms with Crippen LogP contribution in [0.4, 0.5) is 0 Å². The predicted octanol–water partition coefficient (Wildman–Crippen LogP) is -1.80. The summed E-state index contributed by atoms with van der Waals surface area (Å²) in [7, 11) is 0. The van der Waals surface area contributed by atoms with E-state index in [0.29, 0.717) is 6.54 Å². The minimum Gasteiger partial charge on any atom is -0.392 e. The van der Waals surface area contributed by atoms with E-state index in [2.05, 4.69) is 11.1 Å². The second-order valence-corrected chi connectivity index (χ2v) is 4.71. The molecule has 8 heteroatoms. The van der Waals surface area contributed by atoms with Crippen molar-refractivity contribution in [2.24, 2.45) is 28.7 Å². The van der Waals surface area contributed by atoms with Crippen LogP contribution in [0, 0.1) is 0 Å². The topological polar surface area (TPSA) is 179 Å². The summed E-state index contributed by atoms with van der Waals surface area (Å²) in [5.41, 5.74) is 24.4. The Morgan fingerprint density at radius 2 is 1.55 bits per heavy atom. The Kier molecular flexibility index (Phi) is 29.9. The standard InChI is InChI=1S/C5H11N.C4H11NO.C3H10N2.C2H6N2O/c1-2-4-6-5-3-1;1-2-4(6)3-5;4-2-1-3-5;3-1-2(4)5/h6H,1-5H2;4,6H,2-3,5H2,1H3;1-5H2;1,3H2,(H2,4,5). The van der Waals surface area contributed by atoms with Crippen LogP contribution in [0.1, 0.15) is 39.0 Å². The number of piperidine rings is 1. The molecule has 0 saturated carbocycles. The number of carbonyl (C=O) groups excluding carboxylic acids is 1. The van der Waals surface area contributed by atoms with Crippen molar-refractivity contribution in [1.29, 1.82) is 0 Å². The first-order valence-corrected chi connectivity index (χ1v) is 7.97. The predicted molar refractivity (Wildman–Crippen MR) is 93.0 cm³/mol. The number of aliphatic hydroxyl groups is 1. The fraction of sp³-hybridized carbons (Fsp3) is 0.929. The van der Waals surface area contributed by atoms with E-state index >= 15 is 0 Å². The Balaban J connectivity index is -0.000000220. The Morgan fingerprint density at radius 1 is 1.09 bits per heavy atom. The summed E-state index contributed by atoms with van der Waals surface area (Å²) in [4.78, 5) is 9.47. The average Bonchev–Trinajstić information content (AvgIpc) is 2.58. The van der Waals surface area contributed by atoms with Crippen LogP contribution in [0.3, 0.4) is 0 Å². The number of carbonyl (C=O) groups is 1.